The van der Waals surface area contributed by atoms with Gasteiger partial charge in [0.2, 0.25) is 0 Å². The Morgan fingerprint density at radius 2 is 1.81 bits per heavy atom. The van der Waals surface area contributed by atoms with Crippen molar-refractivity contribution in [1.29, 1.82) is 0 Å². The molecule has 1 amide bonds. The maximum Gasteiger partial charge on any atom is 0.272 e. The molecule has 21 heavy (non-hydrogen) atoms. The van der Waals surface area contributed by atoms with Gasteiger partial charge in [-0.25, -0.2) is 5.01 Å². The minimum absolute atomic E-state index is 0.0245. The molecule has 110 valence electrons. The average molecular weight is 394 g/mol. The molecule has 2 aromatic rings. The first-order chi connectivity index (χ1) is 9.99. The number of hydrazine groups is 1. The van der Waals surface area contributed by atoms with Gasteiger partial charge in [-0.1, -0.05) is 18.2 Å². The Balaban J connectivity index is 2.26. The van der Waals surface area contributed by atoms with E-state index >= 15 is 0 Å². The molecule has 0 heterocycles. The van der Waals surface area contributed by atoms with E-state index in [0.717, 1.165) is 11.3 Å². The van der Waals surface area contributed by atoms with Crippen LogP contribution in [0.3, 0.4) is 0 Å². The number of rotatable bonds is 4. The van der Waals surface area contributed by atoms with Crippen molar-refractivity contribution >= 4 is 34.2 Å². The van der Waals surface area contributed by atoms with E-state index in [1.165, 1.54) is 3.57 Å². The summed E-state index contributed by atoms with van der Waals surface area (Å²) in [7, 11) is 0. The molecular formula is C17H19IN2O. The van der Waals surface area contributed by atoms with Crippen molar-refractivity contribution in [3.8, 4) is 0 Å². The van der Waals surface area contributed by atoms with Gasteiger partial charge in [0.05, 0.1) is 5.69 Å². The Morgan fingerprint density at radius 1 is 1.14 bits per heavy atom. The van der Waals surface area contributed by atoms with Crippen molar-refractivity contribution in [2.24, 2.45) is 0 Å². The zero-order valence-electron chi connectivity index (χ0n) is 12.4. The molecule has 2 rings (SSSR count). The smallest absolute Gasteiger partial charge is 0.272 e. The minimum Gasteiger partial charge on any atom is -0.295 e. The summed E-state index contributed by atoms with van der Waals surface area (Å²) >= 11 is 2.28. The summed E-state index contributed by atoms with van der Waals surface area (Å²) in [5, 5.41) is 1.67. The molecule has 0 aliphatic heterocycles. The molecule has 0 radical (unpaired) electrons. The first-order valence-corrected chi connectivity index (χ1v) is 7.98. The second-order valence-electron chi connectivity index (χ2n) is 5.21. The summed E-state index contributed by atoms with van der Waals surface area (Å²) in [4.78, 5) is 12.6. The number of carbonyl (C=O) groups is 1. The van der Waals surface area contributed by atoms with E-state index in [-0.39, 0.29) is 11.9 Å². The third kappa shape index (κ3) is 3.97. The van der Waals surface area contributed by atoms with Crippen molar-refractivity contribution in [3.63, 3.8) is 0 Å². The number of nitrogens with zero attached hydrogens (tertiary/aromatic N) is 1. The zero-order valence-corrected chi connectivity index (χ0v) is 14.6. The van der Waals surface area contributed by atoms with Crippen LogP contribution in [0.5, 0.6) is 0 Å². The SMILES string of the molecule is Cc1cc(I)ccc1NN(C(=O)c1ccccc1)C(C)C. The monoisotopic (exact) mass is 394 g/mol. The lowest BCUT2D eigenvalue weighted by atomic mass is 10.2. The second kappa shape index (κ2) is 6.93. The quantitative estimate of drug-likeness (QED) is 0.613. The fraction of sp³-hybridized carbons (Fsp3) is 0.235. The van der Waals surface area contributed by atoms with Gasteiger partial charge in [0, 0.05) is 15.2 Å². The Morgan fingerprint density at radius 3 is 2.38 bits per heavy atom. The van der Waals surface area contributed by atoms with E-state index in [9.17, 15) is 4.79 Å². The van der Waals surface area contributed by atoms with E-state index < -0.39 is 0 Å². The standard InChI is InChI=1S/C17H19IN2O/c1-12(2)20(17(21)14-7-5-4-6-8-14)19-16-10-9-15(18)11-13(16)3/h4-12,19H,1-3H3. The summed E-state index contributed by atoms with van der Waals surface area (Å²) < 4.78 is 1.18. The number of anilines is 1. The average Bonchev–Trinajstić information content (AvgIpc) is 2.46. The number of aryl methyl sites for hydroxylation is 1. The van der Waals surface area contributed by atoms with Crippen LogP contribution in [0.25, 0.3) is 0 Å². The van der Waals surface area contributed by atoms with Crippen LogP contribution in [-0.4, -0.2) is 17.0 Å². The van der Waals surface area contributed by atoms with E-state index in [1.807, 2.05) is 63.2 Å². The minimum atomic E-state index is -0.0245. The number of benzene rings is 2. The maximum absolute atomic E-state index is 12.6. The highest BCUT2D eigenvalue weighted by atomic mass is 127. The Kier molecular flexibility index (Phi) is 5.22. The zero-order chi connectivity index (χ0) is 15.4. The van der Waals surface area contributed by atoms with E-state index in [1.54, 1.807) is 5.01 Å². The van der Waals surface area contributed by atoms with E-state index in [4.69, 9.17) is 0 Å². The summed E-state index contributed by atoms with van der Waals surface area (Å²) in [6.45, 7) is 6.03. The molecular weight excluding hydrogens is 375 g/mol. The number of carbonyl (C=O) groups excluding carboxylic acids is 1. The molecule has 0 spiro atoms. The van der Waals surface area contributed by atoms with Crippen LogP contribution in [0, 0.1) is 10.5 Å². The molecule has 0 fully saturated rings. The predicted octanol–water partition coefficient (Wildman–Crippen LogP) is 4.48. The number of amides is 1. The van der Waals surface area contributed by atoms with Crippen LogP contribution in [0.2, 0.25) is 0 Å². The Labute approximate surface area is 139 Å². The highest BCUT2D eigenvalue weighted by molar-refractivity contribution is 14.1. The summed E-state index contributed by atoms with van der Waals surface area (Å²) in [6, 6.07) is 15.5. The highest BCUT2D eigenvalue weighted by Crippen LogP contribution is 2.20. The van der Waals surface area contributed by atoms with Crippen molar-refractivity contribution in [1.82, 2.24) is 5.01 Å². The van der Waals surface area contributed by atoms with Gasteiger partial charge < -0.3 is 0 Å². The molecule has 3 nitrogen and oxygen atoms in total. The predicted molar refractivity (Wildman–Crippen MR) is 95.3 cm³/mol. The largest absolute Gasteiger partial charge is 0.295 e. The van der Waals surface area contributed by atoms with Crippen molar-refractivity contribution in [2.45, 2.75) is 26.8 Å². The molecule has 0 aromatic heterocycles. The van der Waals surface area contributed by atoms with Crippen LogP contribution in [0.15, 0.2) is 48.5 Å². The van der Waals surface area contributed by atoms with Gasteiger partial charge in [-0.15, -0.1) is 0 Å². The Bertz CT molecular complexity index is 626. The van der Waals surface area contributed by atoms with Crippen LogP contribution in [-0.2, 0) is 0 Å². The molecule has 0 aliphatic rings. The Hall–Kier alpha value is -1.56. The molecule has 0 aliphatic carbocycles. The van der Waals surface area contributed by atoms with Crippen LogP contribution in [0.4, 0.5) is 5.69 Å². The van der Waals surface area contributed by atoms with Gasteiger partial charge >= 0.3 is 0 Å². The number of hydrogen-bond donors (Lipinski definition) is 1. The molecule has 4 heteroatoms. The highest BCUT2D eigenvalue weighted by Gasteiger charge is 2.19. The first kappa shape index (κ1) is 15.8. The van der Waals surface area contributed by atoms with Gasteiger partial charge in [0.1, 0.15) is 0 Å². The summed E-state index contributed by atoms with van der Waals surface area (Å²) in [5.74, 6) is -0.0245. The van der Waals surface area contributed by atoms with Crippen LogP contribution in [0.1, 0.15) is 29.8 Å². The van der Waals surface area contributed by atoms with Crippen LogP contribution < -0.4 is 5.43 Å². The van der Waals surface area contributed by atoms with E-state index in [0.29, 0.717) is 5.56 Å². The van der Waals surface area contributed by atoms with Gasteiger partial charge in [-0.3, -0.25) is 10.2 Å². The molecule has 0 unspecified atom stereocenters. The normalized spacial score (nSPS) is 10.5. The van der Waals surface area contributed by atoms with Gasteiger partial charge in [-0.2, -0.15) is 0 Å². The third-order valence-electron chi connectivity index (χ3n) is 3.19. The summed E-state index contributed by atoms with van der Waals surface area (Å²) in [5.41, 5.74) is 6.01. The maximum atomic E-state index is 12.6. The van der Waals surface area contributed by atoms with Crippen molar-refractivity contribution in [2.75, 3.05) is 5.43 Å². The molecule has 1 N–H and O–H groups in total. The lowest BCUT2D eigenvalue weighted by Crippen LogP contribution is -2.41. The lowest BCUT2D eigenvalue weighted by molar-refractivity contribution is 0.0752. The first-order valence-electron chi connectivity index (χ1n) is 6.90. The van der Waals surface area contributed by atoms with Gasteiger partial charge in [0.25, 0.3) is 5.91 Å². The second-order valence-corrected chi connectivity index (χ2v) is 6.45. The van der Waals surface area contributed by atoms with Crippen molar-refractivity contribution in [3.05, 3.63) is 63.2 Å². The number of hydrogen-bond acceptors (Lipinski definition) is 2. The third-order valence-corrected chi connectivity index (χ3v) is 3.86. The fourth-order valence-electron chi connectivity index (χ4n) is 2.02. The molecule has 0 saturated carbocycles. The number of nitrogens with one attached hydrogen (secondary N) is 1. The van der Waals surface area contributed by atoms with Gasteiger partial charge in [-0.05, 0) is 79.3 Å². The molecule has 0 atom stereocenters. The van der Waals surface area contributed by atoms with Crippen LogP contribution >= 0.6 is 22.6 Å². The van der Waals surface area contributed by atoms with Crippen molar-refractivity contribution < 1.29 is 4.79 Å². The fourth-order valence-corrected chi connectivity index (χ4v) is 2.66. The molecule has 0 saturated heterocycles. The lowest BCUT2D eigenvalue weighted by Gasteiger charge is -2.29. The molecule has 0 bridgehead atoms. The van der Waals surface area contributed by atoms with Gasteiger partial charge in [0.15, 0.2) is 0 Å². The number of halogens is 1. The van der Waals surface area contributed by atoms with E-state index in [2.05, 4.69) is 34.1 Å². The topological polar surface area (TPSA) is 32.3 Å². The molecule has 2 aromatic carbocycles. The summed E-state index contributed by atoms with van der Waals surface area (Å²) in [6.07, 6.45) is 0.